The predicted molar refractivity (Wildman–Crippen MR) is 75.0 cm³/mol. The number of hydrogen-bond donors (Lipinski definition) is 2. The molecule has 1 aliphatic heterocycles. The molecular formula is C15H22N2O2. The van der Waals surface area contributed by atoms with Gasteiger partial charge in [-0.15, -0.1) is 0 Å². The highest BCUT2D eigenvalue weighted by Crippen LogP contribution is 2.30. The molecule has 2 aliphatic rings. The van der Waals surface area contributed by atoms with Crippen LogP contribution < -0.4 is 20.1 Å². The van der Waals surface area contributed by atoms with Crippen LogP contribution in [0, 0.1) is 0 Å². The number of fused-ring (bicyclic) bond motifs is 1. The summed E-state index contributed by atoms with van der Waals surface area (Å²) in [6, 6.07) is 7.04. The van der Waals surface area contributed by atoms with E-state index in [0.717, 1.165) is 43.6 Å². The minimum atomic E-state index is 0.654. The molecule has 0 radical (unpaired) electrons. The molecule has 0 saturated heterocycles. The van der Waals surface area contributed by atoms with Crippen molar-refractivity contribution in [2.45, 2.75) is 25.3 Å². The summed E-state index contributed by atoms with van der Waals surface area (Å²) in [6.07, 6.45) is 3.74. The fourth-order valence-electron chi connectivity index (χ4n) is 2.25. The first-order chi connectivity index (χ1) is 9.42. The van der Waals surface area contributed by atoms with Crippen LogP contribution >= 0.6 is 0 Å². The van der Waals surface area contributed by atoms with Gasteiger partial charge in [-0.3, -0.25) is 0 Å². The Bertz CT molecular complexity index is 419. The average molecular weight is 262 g/mol. The Hall–Kier alpha value is -1.26. The fraction of sp³-hybridized carbons (Fsp3) is 0.600. The second-order valence-corrected chi connectivity index (χ2v) is 5.21. The molecular weight excluding hydrogens is 240 g/mol. The summed E-state index contributed by atoms with van der Waals surface area (Å²) < 4.78 is 11.1. The first-order valence-corrected chi connectivity index (χ1v) is 7.24. The molecule has 0 bridgehead atoms. The standard InChI is InChI=1S/C15H22N2O2/c1-4-14-15(19-10-9-18-14)11-12(1)5-6-16-7-8-17-13-2-3-13/h1,4,11,13,16-17H,2-3,5-10H2. The van der Waals surface area contributed by atoms with Crippen LogP contribution in [-0.2, 0) is 6.42 Å². The number of hydrogen-bond acceptors (Lipinski definition) is 4. The highest BCUT2D eigenvalue weighted by atomic mass is 16.6. The maximum absolute atomic E-state index is 5.59. The molecule has 0 aromatic heterocycles. The van der Waals surface area contributed by atoms with Crippen molar-refractivity contribution in [3.8, 4) is 11.5 Å². The highest BCUT2D eigenvalue weighted by Gasteiger charge is 2.19. The molecule has 2 N–H and O–H groups in total. The molecule has 19 heavy (non-hydrogen) atoms. The molecule has 3 rings (SSSR count). The van der Waals surface area contributed by atoms with Crippen LogP contribution in [0.25, 0.3) is 0 Å². The largest absolute Gasteiger partial charge is 0.486 e. The highest BCUT2D eigenvalue weighted by molar-refractivity contribution is 5.43. The quantitative estimate of drug-likeness (QED) is 0.728. The van der Waals surface area contributed by atoms with Crippen LogP contribution in [0.3, 0.4) is 0 Å². The van der Waals surface area contributed by atoms with Crippen molar-refractivity contribution < 1.29 is 9.47 Å². The minimum Gasteiger partial charge on any atom is -0.486 e. The first kappa shape index (κ1) is 12.8. The zero-order chi connectivity index (χ0) is 12.9. The molecule has 0 unspecified atom stereocenters. The fourth-order valence-corrected chi connectivity index (χ4v) is 2.25. The van der Waals surface area contributed by atoms with E-state index in [1.54, 1.807) is 0 Å². The van der Waals surface area contributed by atoms with Gasteiger partial charge in [0.05, 0.1) is 0 Å². The number of nitrogens with one attached hydrogen (secondary N) is 2. The number of ether oxygens (including phenoxy) is 2. The van der Waals surface area contributed by atoms with E-state index in [9.17, 15) is 0 Å². The third-order valence-corrected chi connectivity index (χ3v) is 3.51. The summed E-state index contributed by atoms with van der Waals surface area (Å²) in [5.41, 5.74) is 1.30. The Morgan fingerprint density at radius 3 is 2.68 bits per heavy atom. The van der Waals surface area contributed by atoms with Gasteiger partial charge in [-0.1, -0.05) is 6.07 Å². The van der Waals surface area contributed by atoms with Gasteiger partial charge in [-0.25, -0.2) is 0 Å². The monoisotopic (exact) mass is 262 g/mol. The molecule has 1 saturated carbocycles. The van der Waals surface area contributed by atoms with E-state index in [1.165, 1.54) is 18.4 Å². The van der Waals surface area contributed by atoms with E-state index in [4.69, 9.17) is 9.47 Å². The molecule has 4 nitrogen and oxygen atoms in total. The maximum atomic E-state index is 5.59. The SMILES string of the molecule is c1cc2c(cc1CCNCCNC1CC1)OCCO2. The minimum absolute atomic E-state index is 0.654. The molecule has 0 amide bonds. The Morgan fingerprint density at radius 2 is 1.84 bits per heavy atom. The van der Waals surface area contributed by atoms with Crippen LogP contribution in [-0.4, -0.2) is 38.9 Å². The number of benzene rings is 1. The lowest BCUT2D eigenvalue weighted by molar-refractivity contribution is 0.171. The zero-order valence-corrected chi connectivity index (χ0v) is 11.3. The molecule has 1 heterocycles. The summed E-state index contributed by atoms with van der Waals surface area (Å²) >= 11 is 0. The van der Waals surface area contributed by atoms with Crippen molar-refractivity contribution in [3.05, 3.63) is 23.8 Å². The van der Waals surface area contributed by atoms with Gasteiger partial charge in [0, 0.05) is 19.1 Å². The van der Waals surface area contributed by atoms with E-state index in [-0.39, 0.29) is 0 Å². The van der Waals surface area contributed by atoms with Gasteiger partial charge in [0.2, 0.25) is 0 Å². The second-order valence-electron chi connectivity index (χ2n) is 5.21. The summed E-state index contributed by atoms with van der Waals surface area (Å²) in [4.78, 5) is 0. The van der Waals surface area contributed by atoms with E-state index in [1.807, 2.05) is 6.07 Å². The van der Waals surface area contributed by atoms with Gasteiger partial charge in [0.1, 0.15) is 13.2 Å². The lowest BCUT2D eigenvalue weighted by atomic mass is 10.1. The summed E-state index contributed by atoms with van der Waals surface area (Å²) in [5.74, 6) is 1.76. The van der Waals surface area contributed by atoms with Gasteiger partial charge in [0.15, 0.2) is 11.5 Å². The molecule has 1 aromatic rings. The van der Waals surface area contributed by atoms with Gasteiger partial charge < -0.3 is 20.1 Å². The van der Waals surface area contributed by atoms with E-state index < -0.39 is 0 Å². The summed E-state index contributed by atoms with van der Waals surface area (Å²) in [6.45, 7) is 4.43. The Labute approximate surface area is 114 Å². The zero-order valence-electron chi connectivity index (χ0n) is 11.3. The van der Waals surface area contributed by atoms with Gasteiger partial charge in [0.25, 0.3) is 0 Å². The predicted octanol–water partition coefficient (Wildman–Crippen LogP) is 1.34. The molecule has 0 atom stereocenters. The van der Waals surface area contributed by atoms with Gasteiger partial charge in [-0.05, 0) is 43.5 Å². The van der Waals surface area contributed by atoms with Crippen molar-refractivity contribution >= 4 is 0 Å². The Balaban J connectivity index is 1.37. The molecule has 1 aromatic carbocycles. The molecule has 0 spiro atoms. The van der Waals surface area contributed by atoms with Crippen LogP contribution in [0.15, 0.2) is 18.2 Å². The van der Waals surface area contributed by atoms with Crippen molar-refractivity contribution in [1.29, 1.82) is 0 Å². The van der Waals surface area contributed by atoms with Crippen LogP contribution in [0.5, 0.6) is 11.5 Å². The maximum Gasteiger partial charge on any atom is 0.161 e. The van der Waals surface area contributed by atoms with Crippen LogP contribution in [0.4, 0.5) is 0 Å². The lowest BCUT2D eigenvalue weighted by Gasteiger charge is -2.18. The first-order valence-electron chi connectivity index (χ1n) is 7.24. The summed E-state index contributed by atoms with van der Waals surface area (Å²) in [5, 5.41) is 6.96. The van der Waals surface area contributed by atoms with Gasteiger partial charge >= 0.3 is 0 Å². The van der Waals surface area contributed by atoms with Crippen molar-refractivity contribution in [1.82, 2.24) is 10.6 Å². The van der Waals surface area contributed by atoms with Crippen LogP contribution in [0.2, 0.25) is 0 Å². The Morgan fingerprint density at radius 1 is 1.00 bits per heavy atom. The molecule has 1 aliphatic carbocycles. The Kier molecular flexibility index (Phi) is 4.20. The average Bonchev–Trinajstić information content (AvgIpc) is 3.27. The normalized spacial score (nSPS) is 17.5. The van der Waals surface area contributed by atoms with Crippen molar-refractivity contribution in [3.63, 3.8) is 0 Å². The molecule has 1 fully saturated rings. The lowest BCUT2D eigenvalue weighted by Crippen LogP contribution is -2.29. The van der Waals surface area contributed by atoms with Crippen molar-refractivity contribution in [2.24, 2.45) is 0 Å². The van der Waals surface area contributed by atoms with Gasteiger partial charge in [-0.2, -0.15) is 0 Å². The van der Waals surface area contributed by atoms with Crippen molar-refractivity contribution in [2.75, 3.05) is 32.8 Å². The van der Waals surface area contributed by atoms with Crippen LogP contribution in [0.1, 0.15) is 18.4 Å². The van der Waals surface area contributed by atoms with E-state index in [2.05, 4.69) is 22.8 Å². The topological polar surface area (TPSA) is 42.5 Å². The number of rotatable bonds is 7. The second kappa shape index (κ2) is 6.26. The third kappa shape index (κ3) is 3.85. The third-order valence-electron chi connectivity index (χ3n) is 3.51. The summed E-state index contributed by atoms with van der Waals surface area (Å²) in [7, 11) is 0. The molecule has 4 heteroatoms. The van der Waals surface area contributed by atoms with E-state index >= 15 is 0 Å². The smallest absolute Gasteiger partial charge is 0.161 e. The molecule has 104 valence electrons. The van der Waals surface area contributed by atoms with E-state index in [0.29, 0.717) is 13.2 Å².